The Labute approximate surface area is 90.7 Å². The van der Waals surface area contributed by atoms with Gasteiger partial charge in [0, 0.05) is 19.5 Å². The van der Waals surface area contributed by atoms with E-state index in [1.165, 1.54) is 0 Å². The standard InChI is InChI=1S/C12H19NO2/c1-2-11-3-4-12(15-11)9-13-7-5-10(14)6-8-13/h3-4,10,14H,2,5-9H2,1H3. The molecule has 1 saturated heterocycles. The number of hydrogen-bond acceptors (Lipinski definition) is 3. The van der Waals surface area contributed by atoms with Crippen molar-refractivity contribution in [1.82, 2.24) is 4.90 Å². The van der Waals surface area contributed by atoms with Crippen LogP contribution in [0.3, 0.4) is 0 Å². The number of nitrogens with zero attached hydrogens (tertiary/aromatic N) is 1. The van der Waals surface area contributed by atoms with Crippen LogP contribution in [0.5, 0.6) is 0 Å². The van der Waals surface area contributed by atoms with Crippen LogP contribution in [-0.4, -0.2) is 29.2 Å². The molecule has 0 aromatic carbocycles. The van der Waals surface area contributed by atoms with Gasteiger partial charge in [0.25, 0.3) is 0 Å². The normalized spacial score (nSPS) is 19.6. The molecule has 0 aliphatic carbocycles. The van der Waals surface area contributed by atoms with E-state index in [1.807, 2.05) is 6.07 Å². The smallest absolute Gasteiger partial charge is 0.118 e. The lowest BCUT2D eigenvalue weighted by Crippen LogP contribution is -2.35. The first-order chi connectivity index (χ1) is 7.28. The summed E-state index contributed by atoms with van der Waals surface area (Å²) in [5, 5.41) is 9.39. The molecule has 0 amide bonds. The molecular formula is C12H19NO2. The van der Waals surface area contributed by atoms with Gasteiger partial charge in [0.2, 0.25) is 0 Å². The van der Waals surface area contributed by atoms with Crippen molar-refractivity contribution in [2.75, 3.05) is 13.1 Å². The lowest BCUT2D eigenvalue weighted by atomic mass is 10.1. The van der Waals surface area contributed by atoms with Crippen LogP contribution in [0.1, 0.15) is 31.3 Å². The van der Waals surface area contributed by atoms with Gasteiger partial charge in [-0.15, -0.1) is 0 Å². The Morgan fingerprint density at radius 2 is 2.00 bits per heavy atom. The van der Waals surface area contributed by atoms with Crippen LogP contribution in [0.15, 0.2) is 16.5 Å². The van der Waals surface area contributed by atoms with Gasteiger partial charge >= 0.3 is 0 Å². The van der Waals surface area contributed by atoms with Gasteiger partial charge in [-0.25, -0.2) is 0 Å². The molecule has 0 radical (unpaired) electrons. The maximum absolute atomic E-state index is 9.39. The topological polar surface area (TPSA) is 36.6 Å². The average Bonchev–Trinajstić information content (AvgIpc) is 2.69. The SMILES string of the molecule is CCc1ccc(CN2CCC(O)CC2)o1. The summed E-state index contributed by atoms with van der Waals surface area (Å²) in [6.07, 6.45) is 2.64. The molecular weight excluding hydrogens is 190 g/mol. The minimum Gasteiger partial charge on any atom is -0.465 e. The van der Waals surface area contributed by atoms with Gasteiger partial charge in [0.15, 0.2) is 0 Å². The molecule has 3 heteroatoms. The maximum Gasteiger partial charge on any atom is 0.118 e. The lowest BCUT2D eigenvalue weighted by molar-refractivity contribution is 0.0758. The Morgan fingerprint density at radius 1 is 1.33 bits per heavy atom. The van der Waals surface area contributed by atoms with Gasteiger partial charge in [0.1, 0.15) is 11.5 Å². The van der Waals surface area contributed by atoms with Gasteiger partial charge in [-0.05, 0) is 25.0 Å². The first kappa shape index (κ1) is 10.7. The molecule has 0 atom stereocenters. The van der Waals surface area contributed by atoms with E-state index in [2.05, 4.69) is 17.9 Å². The van der Waals surface area contributed by atoms with Crippen molar-refractivity contribution in [2.45, 2.75) is 38.8 Å². The Bertz CT molecular complexity index is 300. The van der Waals surface area contributed by atoms with Crippen LogP contribution >= 0.6 is 0 Å². The second kappa shape index (κ2) is 4.81. The fourth-order valence-corrected chi connectivity index (χ4v) is 2.00. The van der Waals surface area contributed by atoms with Crippen LogP contribution in [-0.2, 0) is 13.0 Å². The molecule has 0 spiro atoms. The van der Waals surface area contributed by atoms with Gasteiger partial charge in [-0.1, -0.05) is 6.92 Å². The maximum atomic E-state index is 9.39. The predicted octanol–water partition coefficient (Wildman–Crippen LogP) is 1.80. The molecule has 1 aromatic heterocycles. The summed E-state index contributed by atoms with van der Waals surface area (Å²) in [7, 11) is 0. The molecule has 1 N–H and O–H groups in total. The molecule has 2 rings (SSSR count). The van der Waals surface area contributed by atoms with Gasteiger partial charge in [0.05, 0.1) is 12.6 Å². The van der Waals surface area contributed by atoms with Crippen molar-refractivity contribution in [1.29, 1.82) is 0 Å². The molecule has 3 nitrogen and oxygen atoms in total. The number of hydrogen-bond donors (Lipinski definition) is 1. The quantitative estimate of drug-likeness (QED) is 0.824. The number of aliphatic hydroxyl groups is 1. The highest BCUT2D eigenvalue weighted by atomic mass is 16.3. The van der Waals surface area contributed by atoms with Crippen LogP contribution in [0, 0.1) is 0 Å². The fraction of sp³-hybridized carbons (Fsp3) is 0.667. The zero-order valence-corrected chi connectivity index (χ0v) is 9.28. The van der Waals surface area contributed by atoms with Crippen molar-refractivity contribution in [2.24, 2.45) is 0 Å². The summed E-state index contributed by atoms with van der Waals surface area (Å²) < 4.78 is 5.66. The Morgan fingerprint density at radius 3 is 2.60 bits per heavy atom. The van der Waals surface area contributed by atoms with E-state index in [1.54, 1.807) is 0 Å². The third-order valence-electron chi connectivity index (χ3n) is 3.00. The number of rotatable bonds is 3. The monoisotopic (exact) mass is 209 g/mol. The highest BCUT2D eigenvalue weighted by Crippen LogP contribution is 2.15. The minimum atomic E-state index is -0.0935. The summed E-state index contributed by atoms with van der Waals surface area (Å²) in [6.45, 7) is 4.93. The van der Waals surface area contributed by atoms with Crippen molar-refractivity contribution in [3.8, 4) is 0 Å². The number of aliphatic hydroxyl groups excluding tert-OH is 1. The first-order valence-corrected chi connectivity index (χ1v) is 5.76. The Balaban J connectivity index is 1.86. The molecule has 0 unspecified atom stereocenters. The highest BCUT2D eigenvalue weighted by molar-refractivity contribution is 5.07. The molecule has 0 saturated carbocycles. The predicted molar refractivity (Wildman–Crippen MR) is 58.6 cm³/mol. The summed E-state index contributed by atoms with van der Waals surface area (Å²) in [5.74, 6) is 2.10. The number of piperidine rings is 1. The second-order valence-corrected chi connectivity index (χ2v) is 4.23. The van der Waals surface area contributed by atoms with E-state index in [-0.39, 0.29) is 6.10 Å². The molecule has 2 heterocycles. The van der Waals surface area contributed by atoms with E-state index in [9.17, 15) is 5.11 Å². The summed E-state index contributed by atoms with van der Waals surface area (Å²) >= 11 is 0. The molecule has 1 aliphatic rings. The average molecular weight is 209 g/mol. The molecule has 0 bridgehead atoms. The molecule has 15 heavy (non-hydrogen) atoms. The second-order valence-electron chi connectivity index (χ2n) is 4.23. The zero-order chi connectivity index (χ0) is 10.7. The van der Waals surface area contributed by atoms with Crippen LogP contribution in [0.2, 0.25) is 0 Å². The molecule has 1 aliphatic heterocycles. The number of likely N-dealkylation sites (tertiary alicyclic amines) is 1. The van der Waals surface area contributed by atoms with Crippen molar-refractivity contribution in [3.05, 3.63) is 23.7 Å². The molecule has 84 valence electrons. The molecule has 1 fully saturated rings. The molecule has 1 aromatic rings. The number of aryl methyl sites for hydroxylation is 1. The van der Waals surface area contributed by atoms with Crippen LogP contribution < -0.4 is 0 Å². The van der Waals surface area contributed by atoms with Gasteiger partial charge < -0.3 is 9.52 Å². The van der Waals surface area contributed by atoms with E-state index in [4.69, 9.17) is 4.42 Å². The van der Waals surface area contributed by atoms with Crippen molar-refractivity contribution < 1.29 is 9.52 Å². The van der Waals surface area contributed by atoms with Crippen LogP contribution in [0.25, 0.3) is 0 Å². The first-order valence-electron chi connectivity index (χ1n) is 5.76. The third kappa shape index (κ3) is 2.83. The largest absolute Gasteiger partial charge is 0.465 e. The van der Waals surface area contributed by atoms with E-state index in [0.29, 0.717) is 0 Å². The number of furan rings is 1. The van der Waals surface area contributed by atoms with E-state index < -0.39 is 0 Å². The Hall–Kier alpha value is -0.800. The van der Waals surface area contributed by atoms with Crippen molar-refractivity contribution in [3.63, 3.8) is 0 Å². The minimum absolute atomic E-state index is 0.0935. The van der Waals surface area contributed by atoms with Crippen LogP contribution in [0.4, 0.5) is 0 Å². The highest BCUT2D eigenvalue weighted by Gasteiger charge is 2.17. The summed E-state index contributed by atoms with van der Waals surface area (Å²) in [5.41, 5.74) is 0. The Kier molecular flexibility index (Phi) is 3.44. The van der Waals surface area contributed by atoms with E-state index in [0.717, 1.165) is 50.4 Å². The fourth-order valence-electron chi connectivity index (χ4n) is 2.00. The van der Waals surface area contributed by atoms with Gasteiger partial charge in [-0.3, -0.25) is 4.90 Å². The summed E-state index contributed by atoms with van der Waals surface area (Å²) in [6, 6.07) is 4.11. The summed E-state index contributed by atoms with van der Waals surface area (Å²) in [4.78, 5) is 2.34. The lowest BCUT2D eigenvalue weighted by Gasteiger charge is -2.28. The zero-order valence-electron chi connectivity index (χ0n) is 9.28. The van der Waals surface area contributed by atoms with Crippen molar-refractivity contribution >= 4 is 0 Å². The third-order valence-corrected chi connectivity index (χ3v) is 3.00. The van der Waals surface area contributed by atoms with Gasteiger partial charge in [-0.2, -0.15) is 0 Å². The van der Waals surface area contributed by atoms with E-state index >= 15 is 0 Å².